The number of aromatic nitrogens is 2. The van der Waals surface area contributed by atoms with E-state index in [-0.39, 0.29) is 28.2 Å². The zero-order valence-electron chi connectivity index (χ0n) is 21.3. The first-order chi connectivity index (χ1) is 18.8. The Morgan fingerprint density at radius 1 is 0.974 bits per heavy atom. The highest BCUT2D eigenvalue weighted by atomic mass is 32.2. The van der Waals surface area contributed by atoms with Gasteiger partial charge in [0.25, 0.3) is 15.9 Å². The standard InChI is InChI=1S/C28H29N5O5S/c1-29-28(35)19-7-10-22(11-8-19)39(36,37)33-27-26(30-23-4-2-3-5-24(23)31-27)32-25-17-21(34)9-6-20(25)16-18-12-14-38-15-13-18/h2-11,17-18,34H,12-16H2,1H3,(H,29,35)(H,30,32)(H,31,33). The fourth-order valence-electron chi connectivity index (χ4n) is 4.52. The second kappa shape index (κ2) is 11.3. The molecule has 202 valence electrons. The number of sulfonamides is 1. The minimum atomic E-state index is -4.07. The summed E-state index contributed by atoms with van der Waals surface area (Å²) in [4.78, 5) is 21.0. The highest BCUT2D eigenvalue weighted by Crippen LogP contribution is 2.32. The first kappa shape index (κ1) is 26.4. The monoisotopic (exact) mass is 547 g/mol. The number of carbonyl (C=O) groups excluding carboxylic acids is 1. The number of hydrogen-bond acceptors (Lipinski definition) is 8. The summed E-state index contributed by atoms with van der Waals surface area (Å²) in [5.41, 5.74) is 3.00. The van der Waals surface area contributed by atoms with Crippen molar-refractivity contribution in [3.8, 4) is 5.75 Å². The Labute approximate surface area is 226 Å². The van der Waals surface area contributed by atoms with Gasteiger partial charge < -0.3 is 20.5 Å². The number of nitrogens with one attached hydrogen (secondary N) is 3. The molecule has 1 fully saturated rings. The fraction of sp³-hybridized carbons (Fsp3) is 0.250. The lowest BCUT2D eigenvalue weighted by Crippen LogP contribution is -2.19. The van der Waals surface area contributed by atoms with Gasteiger partial charge in [0.05, 0.1) is 15.9 Å². The van der Waals surface area contributed by atoms with Gasteiger partial charge in [-0.25, -0.2) is 18.4 Å². The van der Waals surface area contributed by atoms with Crippen molar-refractivity contribution >= 4 is 44.3 Å². The van der Waals surface area contributed by atoms with Gasteiger partial charge >= 0.3 is 0 Å². The van der Waals surface area contributed by atoms with E-state index in [2.05, 4.69) is 25.3 Å². The number of phenolic OH excluding ortho intramolecular Hbond substituents is 1. The molecule has 39 heavy (non-hydrogen) atoms. The highest BCUT2D eigenvalue weighted by molar-refractivity contribution is 7.92. The van der Waals surface area contributed by atoms with Crippen LogP contribution >= 0.6 is 0 Å². The van der Waals surface area contributed by atoms with Gasteiger partial charge in [0.1, 0.15) is 5.75 Å². The molecular weight excluding hydrogens is 518 g/mol. The third-order valence-corrected chi connectivity index (χ3v) is 8.01. The second-order valence-corrected chi connectivity index (χ2v) is 11.0. The maximum absolute atomic E-state index is 13.3. The van der Waals surface area contributed by atoms with Crippen molar-refractivity contribution < 1.29 is 23.1 Å². The molecule has 1 aliphatic heterocycles. The average molecular weight is 548 g/mol. The average Bonchev–Trinajstić information content (AvgIpc) is 2.95. The number of anilines is 3. The van der Waals surface area contributed by atoms with Crippen LogP contribution in [0.1, 0.15) is 28.8 Å². The third-order valence-electron chi connectivity index (χ3n) is 6.65. The van der Waals surface area contributed by atoms with E-state index >= 15 is 0 Å². The Hall–Kier alpha value is -4.22. The van der Waals surface area contributed by atoms with Crippen LogP contribution in [0.2, 0.25) is 0 Å². The Balaban J connectivity index is 1.50. The molecule has 0 aliphatic carbocycles. The summed E-state index contributed by atoms with van der Waals surface area (Å²) in [5, 5.41) is 16.0. The molecule has 0 radical (unpaired) electrons. The number of ether oxygens (including phenoxy) is 1. The summed E-state index contributed by atoms with van der Waals surface area (Å²) in [6.45, 7) is 1.44. The van der Waals surface area contributed by atoms with Crippen LogP contribution in [0.15, 0.2) is 71.6 Å². The largest absolute Gasteiger partial charge is 0.508 e. The van der Waals surface area contributed by atoms with Crippen molar-refractivity contribution in [2.75, 3.05) is 30.3 Å². The zero-order chi connectivity index (χ0) is 27.4. The normalized spacial score (nSPS) is 14.2. The minimum Gasteiger partial charge on any atom is -0.508 e. The number of aromatic hydroxyl groups is 1. The molecule has 4 N–H and O–H groups in total. The van der Waals surface area contributed by atoms with Crippen LogP contribution in [0, 0.1) is 5.92 Å². The number of benzene rings is 3. The van der Waals surface area contributed by atoms with Crippen LogP contribution in [-0.4, -0.2) is 49.7 Å². The molecule has 4 aromatic rings. The van der Waals surface area contributed by atoms with Crippen LogP contribution in [-0.2, 0) is 21.2 Å². The molecule has 2 heterocycles. The van der Waals surface area contributed by atoms with Crippen LogP contribution in [0.25, 0.3) is 11.0 Å². The topological polar surface area (TPSA) is 143 Å². The first-order valence-corrected chi connectivity index (χ1v) is 14.1. The third kappa shape index (κ3) is 6.10. The minimum absolute atomic E-state index is 0.00411. The van der Waals surface area contributed by atoms with E-state index in [0.717, 1.165) is 38.0 Å². The van der Waals surface area contributed by atoms with Crippen molar-refractivity contribution in [1.82, 2.24) is 15.3 Å². The Bertz CT molecular complexity index is 1600. The van der Waals surface area contributed by atoms with Gasteiger partial charge in [-0.15, -0.1) is 0 Å². The summed E-state index contributed by atoms with van der Waals surface area (Å²) >= 11 is 0. The number of nitrogens with zero attached hydrogens (tertiary/aromatic N) is 2. The zero-order valence-corrected chi connectivity index (χ0v) is 22.2. The summed E-state index contributed by atoms with van der Waals surface area (Å²) in [7, 11) is -2.57. The van der Waals surface area contributed by atoms with Gasteiger partial charge in [-0.2, -0.15) is 0 Å². The first-order valence-electron chi connectivity index (χ1n) is 12.6. The maximum Gasteiger partial charge on any atom is 0.263 e. The van der Waals surface area contributed by atoms with Crippen LogP contribution in [0.3, 0.4) is 0 Å². The van der Waals surface area contributed by atoms with E-state index in [1.165, 1.54) is 31.3 Å². The van der Waals surface area contributed by atoms with Crippen LogP contribution in [0.5, 0.6) is 5.75 Å². The Morgan fingerprint density at radius 2 is 1.64 bits per heavy atom. The van der Waals surface area contributed by atoms with E-state index in [1.54, 1.807) is 30.3 Å². The number of phenols is 1. The molecule has 11 heteroatoms. The van der Waals surface area contributed by atoms with Gasteiger partial charge in [-0.3, -0.25) is 9.52 Å². The van der Waals surface area contributed by atoms with E-state index < -0.39 is 10.0 Å². The number of rotatable bonds is 8. The maximum atomic E-state index is 13.3. The lowest BCUT2D eigenvalue weighted by Gasteiger charge is -2.23. The molecule has 1 saturated heterocycles. The SMILES string of the molecule is CNC(=O)c1ccc(S(=O)(=O)Nc2nc3ccccc3nc2Nc2cc(O)ccc2CC2CCOCC2)cc1. The number of carbonyl (C=O) groups is 1. The summed E-state index contributed by atoms with van der Waals surface area (Å²) in [5.74, 6) is 0.381. The lowest BCUT2D eigenvalue weighted by molar-refractivity contribution is 0.0666. The summed E-state index contributed by atoms with van der Waals surface area (Å²) in [6, 6.07) is 17.8. The Morgan fingerprint density at radius 3 is 2.31 bits per heavy atom. The van der Waals surface area contributed by atoms with Crippen LogP contribution in [0.4, 0.5) is 17.3 Å². The molecule has 10 nitrogen and oxygen atoms in total. The molecule has 3 aromatic carbocycles. The highest BCUT2D eigenvalue weighted by Gasteiger charge is 2.21. The number of para-hydroxylation sites is 2. The van der Waals surface area contributed by atoms with E-state index in [4.69, 9.17) is 4.74 Å². The number of fused-ring (bicyclic) bond motifs is 1. The van der Waals surface area contributed by atoms with Crippen molar-refractivity contribution in [2.45, 2.75) is 24.2 Å². The van der Waals surface area contributed by atoms with E-state index in [0.29, 0.717) is 28.2 Å². The molecule has 1 amide bonds. The predicted octanol–water partition coefficient (Wildman–Crippen LogP) is 4.21. The summed E-state index contributed by atoms with van der Waals surface area (Å²) < 4.78 is 34.7. The predicted molar refractivity (Wildman–Crippen MR) is 149 cm³/mol. The van der Waals surface area contributed by atoms with E-state index in [1.807, 2.05) is 12.1 Å². The molecular formula is C28H29N5O5S. The smallest absolute Gasteiger partial charge is 0.263 e. The van der Waals surface area contributed by atoms with Crippen LogP contribution < -0.4 is 15.4 Å². The van der Waals surface area contributed by atoms with Gasteiger partial charge in [0, 0.05) is 37.6 Å². The van der Waals surface area contributed by atoms with Crippen molar-refractivity contribution in [3.63, 3.8) is 0 Å². The molecule has 0 bridgehead atoms. The molecule has 0 spiro atoms. The van der Waals surface area contributed by atoms with E-state index in [9.17, 15) is 18.3 Å². The summed E-state index contributed by atoms with van der Waals surface area (Å²) in [6.07, 6.45) is 2.66. The molecule has 0 unspecified atom stereocenters. The second-order valence-electron chi connectivity index (χ2n) is 9.34. The van der Waals surface area contributed by atoms with Gasteiger partial charge in [-0.05, 0) is 73.2 Å². The van der Waals surface area contributed by atoms with Crippen molar-refractivity contribution in [1.29, 1.82) is 0 Å². The fourth-order valence-corrected chi connectivity index (χ4v) is 5.53. The molecule has 1 aromatic heterocycles. The van der Waals surface area contributed by atoms with Crippen molar-refractivity contribution in [3.05, 3.63) is 77.9 Å². The lowest BCUT2D eigenvalue weighted by atomic mass is 9.91. The van der Waals surface area contributed by atoms with Gasteiger partial charge in [-0.1, -0.05) is 18.2 Å². The molecule has 0 saturated carbocycles. The quantitative estimate of drug-likeness (QED) is 0.257. The number of hydrogen-bond donors (Lipinski definition) is 4. The van der Waals surface area contributed by atoms with Gasteiger partial charge in [0.15, 0.2) is 11.6 Å². The van der Waals surface area contributed by atoms with Crippen molar-refractivity contribution in [2.24, 2.45) is 5.92 Å². The Kier molecular flexibility index (Phi) is 7.62. The molecule has 0 atom stereocenters. The van der Waals surface area contributed by atoms with Gasteiger partial charge in [0.2, 0.25) is 0 Å². The molecule has 5 rings (SSSR count). The number of amides is 1. The molecule has 1 aliphatic rings.